The van der Waals surface area contributed by atoms with Gasteiger partial charge in [-0.15, -0.1) is 5.10 Å². The van der Waals surface area contributed by atoms with E-state index in [4.69, 9.17) is 5.73 Å². The summed E-state index contributed by atoms with van der Waals surface area (Å²) in [5.74, 6) is 1.01. The van der Waals surface area contributed by atoms with Gasteiger partial charge in [0, 0.05) is 12.1 Å². The summed E-state index contributed by atoms with van der Waals surface area (Å²) in [5.41, 5.74) is 9.27. The van der Waals surface area contributed by atoms with Crippen LogP contribution in [0.4, 0.5) is 5.95 Å². The lowest BCUT2D eigenvalue weighted by atomic mass is 9.98. The number of fused-ring (bicyclic) bond motifs is 1. The Kier molecular flexibility index (Phi) is 2.11. The fraction of sp³-hybridized carbons (Fsp3) is 0.273. The summed E-state index contributed by atoms with van der Waals surface area (Å²) >= 11 is 0. The Balaban J connectivity index is 2.02. The number of benzene rings is 1. The zero-order chi connectivity index (χ0) is 11.0. The second-order valence-corrected chi connectivity index (χ2v) is 3.95. The van der Waals surface area contributed by atoms with Gasteiger partial charge < -0.3 is 11.1 Å². The Morgan fingerprint density at radius 1 is 1.25 bits per heavy atom. The minimum Gasteiger partial charge on any atom is -0.366 e. The number of hydrogen-bond donors (Lipinski definition) is 3. The van der Waals surface area contributed by atoms with Gasteiger partial charge in [0.1, 0.15) is 0 Å². The maximum absolute atomic E-state index is 5.49. The van der Waals surface area contributed by atoms with Crippen LogP contribution < -0.4 is 11.1 Å². The molecule has 5 nitrogen and oxygen atoms in total. The first-order chi connectivity index (χ1) is 7.83. The first-order valence-electron chi connectivity index (χ1n) is 5.34. The predicted molar refractivity (Wildman–Crippen MR) is 61.6 cm³/mol. The van der Waals surface area contributed by atoms with Gasteiger partial charge in [-0.2, -0.15) is 4.98 Å². The highest BCUT2D eigenvalue weighted by Gasteiger charge is 2.11. The molecule has 5 heteroatoms. The molecule has 0 spiro atoms. The van der Waals surface area contributed by atoms with E-state index in [0.29, 0.717) is 0 Å². The normalized spacial score (nSPS) is 14.8. The number of aromatic amines is 1. The van der Waals surface area contributed by atoms with Crippen LogP contribution in [0.15, 0.2) is 18.2 Å². The molecule has 1 aliphatic rings. The first-order valence-corrected chi connectivity index (χ1v) is 5.34. The zero-order valence-electron chi connectivity index (χ0n) is 8.83. The molecule has 0 amide bonds. The van der Waals surface area contributed by atoms with Crippen LogP contribution in [-0.2, 0) is 13.0 Å². The van der Waals surface area contributed by atoms with Crippen LogP contribution >= 0.6 is 0 Å². The summed E-state index contributed by atoms with van der Waals surface area (Å²) in [6.45, 7) is 1.98. The molecule has 0 unspecified atom stereocenters. The molecule has 3 rings (SSSR count). The van der Waals surface area contributed by atoms with Gasteiger partial charge in [0.2, 0.25) is 5.95 Å². The van der Waals surface area contributed by atoms with E-state index in [1.165, 1.54) is 11.1 Å². The predicted octanol–water partition coefficient (Wildman–Crippen LogP) is 0.700. The van der Waals surface area contributed by atoms with Crippen molar-refractivity contribution in [1.82, 2.24) is 20.5 Å². The largest absolute Gasteiger partial charge is 0.366 e. The molecular weight excluding hydrogens is 202 g/mol. The lowest BCUT2D eigenvalue weighted by molar-refractivity contribution is 0.644. The first kappa shape index (κ1) is 9.35. The average Bonchev–Trinajstić information content (AvgIpc) is 2.75. The van der Waals surface area contributed by atoms with Crippen molar-refractivity contribution in [2.45, 2.75) is 13.0 Å². The minimum absolute atomic E-state index is 0.283. The van der Waals surface area contributed by atoms with E-state index in [9.17, 15) is 0 Å². The molecule has 0 saturated carbocycles. The van der Waals surface area contributed by atoms with E-state index in [0.717, 1.165) is 30.9 Å². The Hall–Kier alpha value is -1.88. The summed E-state index contributed by atoms with van der Waals surface area (Å²) in [6, 6.07) is 6.36. The van der Waals surface area contributed by atoms with E-state index in [1.54, 1.807) is 0 Å². The Labute approximate surface area is 93.1 Å². The number of anilines is 1. The summed E-state index contributed by atoms with van der Waals surface area (Å²) in [7, 11) is 0. The highest BCUT2D eigenvalue weighted by atomic mass is 15.3. The van der Waals surface area contributed by atoms with Crippen molar-refractivity contribution < 1.29 is 0 Å². The topological polar surface area (TPSA) is 79.6 Å². The third kappa shape index (κ3) is 1.55. The van der Waals surface area contributed by atoms with Gasteiger partial charge in [-0.3, -0.25) is 5.10 Å². The highest BCUT2D eigenvalue weighted by Crippen LogP contribution is 2.21. The standard InChI is InChI=1S/C11H13N5/c12-11-14-10(15-16-11)8-2-1-7-3-4-13-6-9(7)5-8/h1-2,5,13H,3-4,6H2,(H3,12,14,15,16). The van der Waals surface area contributed by atoms with E-state index < -0.39 is 0 Å². The second kappa shape index (κ2) is 3.61. The third-order valence-electron chi connectivity index (χ3n) is 2.87. The molecule has 2 heterocycles. The number of nitrogen functional groups attached to an aromatic ring is 1. The number of rotatable bonds is 1. The van der Waals surface area contributed by atoms with Crippen molar-refractivity contribution in [2.75, 3.05) is 12.3 Å². The second-order valence-electron chi connectivity index (χ2n) is 3.95. The van der Waals surface area contributed by atoms with Gasteiger partial charge in [0.05, 0.1) is 0 Å². The highest BCUT2D eigenvalue weighted by molar-refractivity contribution is 5.58. The molecule has 0 fully saturated rings. The average molecular weight is 215 g/mol. The molecule has 2 aromatic rings. The molecule has 0 saturated heterocycles. The van der Waals surface area contributed by atoms with Crippen molar-refractivity contribution in [2.24, 2.45) is 0 Å². The van der Waals surface area contributed by atoms with Gasteiger partial charge in [-0.25, -0.2) is 0 Å². The summed E-state index contributed by atoms with van der Waals surface area (Å²) in [4.78, 5) is 4.12. The quantitative estimate of drug-likeness (QED) is 0.654. The maximum Gasteiger partial charge on any atom is 0.239 e. The van der Waals surface area contributed by atoms with Crippen LogP contribution in [-0.4, -0.2) is 21.7 Å². The van der Waals surface area contributed by atoms with Gasteiger partial charge in [-0.05, 0) is 30.2 Å². The third-order valence-corrected chi connectivity index (χ3v) is 2.87. The van der Waals surface area contributed by atoms with Gasteiger partial charge in [0.15, 0.2) is 5.82 Å². The van der Waals surface area contributed by atoms with E-state index in [-0.39, 0.29) is 5.95 Å². The lowest BCUT2D eigenvalue weighted by Crippen LogP contribution is -2.23. The number of aromatic nitrogens is 3. The molecule has 1 aromatic carbocycles. The number of hydrogen-bond acceptors (Lipinski definition) is 4. The van der Waals surface area contributed by atoms with Crippen molar-refractivity contribution in [3.8, 4) is 11.4 Å². The molecule has 0 atom stereocenters. The summed E-state index contributed by atoms with van der Waals surface area (Å²) in [5, 5.41) is 10.0. The number of nitrogens with two attached hydrogens (primary N) is 1. The van der Waals surface area contributed by atoms with Crippen LogP contribution in [0.1, 0.15) is 11.1 Å². The van der Waals surface area contributed by atoms with Crippen LogP contribution in [0.3, 0.4) is 0 Å². The number of H-pyrrole nitrogens is 1. The molecule has 0 bridgehead atoms. The molecule has 1 aromatic heterocycles. The molecule has 0 radical (unpaired) electrons. The lowest BCUT2D eigenvalue weighted by Gasteiger charge is -2.17. The Bertz CT molecular complexity index is 517. The Morgan fingerprint density at radius 3 is 3.00 bits per heavy atom. The van der Waals surface area contributed by atoms with E-state index in [2.05, 4.69) is 38.7 Å². The molecular formula is C11H13N5. The van der Waals surface area contributed by atoms with Crippen molar-refractivity contribution in [1.29, 1.82) is 0 Å². The number of nitrogens with zero attached hydrogens (tertiary/aromatic N) is 2. The SMILES string of the molecule is Nc1n[nH]c(-c2ccc3c(c2)CNCC3)n1. The Morgan fingerprint density at radius 2 is 2.19 bits per heavy atom. The summed E-state index contributed by atoms with van der Waals surface area (Å²) in [6.07, 6.45) is 1.09. The van der Waals surface area contributed by atoms with Crippen LogP contribution in [0.25, 0.3) is 11.4 Å². The fourth-order valence-corrected chi connectivity index (χ4v) is 2.03. The maximum atomic E-state index is 5.49. The minimum atomic E-state index is 0.283. The van der Waals surface area contributed by atoms with E-state index >= 15 is 0 Å². The van der Waals surface area contributed by atoms with Gasteiger partial charge in [0.25, 0.3) is 0 Å². The van der Waals surface area contributed by atoms with Gasteiger partial charge in [-0.1, -0.05) is 12.1 Å². The number of nitrogens with one attached hydrogen (secondary N) is 2. The molecule has 0 aliphatic carbocycles. The molecule has 16 heavy (non-hydrogen) atoms. The summed E-state index contributed by atoms with van der Waals surface area (Å²) < 4.78 is 0. The van der Waals surface area contributed by atoms with Crippen LogP contribution in [0.2, 0.25) is 0 Å². The van der Waals surface area contributed by atoms with Crippen LogP contribution in [0.5, 0.6) is 0 Å². The van der Waals surface area contributed by atoms with Crippen molar-refractivity contribution in [3.63, 3.8) is 0 Å². The van der Waals surface area contributed by atoms with Crippen LogP contribution in [0, 0.1) is 0 Å². The van der Waals surface area contributed by atoms with Gasteiger partial charge >= 0.3 is 0 Å². The monoisotopic (exact) mass is 215 g/mol. The zero-order valence-corrected chi connectivity index (χ0v) is 8.83. The smallest absolute Gasteiger partial charge is 0.239 e. The molecule has 1 aliphatic heterocycles. The van der Waals surface area contributed by atoms with Crippen molar-refractivity contribution in [3.05, 3.63) is 29.3 Å². The fourth-order valence-electron chi connectivity index (χ4n) is 2.03. The van der Waals surface area contributed by atoms with E-state index in [1.807, 2.05) is 0 Å². The molecule has 4 N–H and O–H groups in total. The van der Waals surface area contributed by atoms with Crippen molar-refractivity contribution >= 4 is 5.95 Å². The molecule has 82 valence electrons.